The van der Waals surface area contributed by atoms with E-state index in [2.05, 4.69) is 20.2 Å². The number of nitrogens with zero attached hydrogens (tertiary/aromatic N) is 5. The SMILES string of the molecule is Cc1nc(-c2ccn[nH]2)cc([C@@H]2CCN(S(=O)(=O)N(C)C)C2)n1. The van der Waals surface area contributed by atoms with Gasteiger partial charge in [0.15, 0.2) is 0 Å². The van der Waals surface area contributed by atoms with Crippen molar-refractivity contribution in [3.8, 4) is 11.4 Å². The van der Waals surface area contributed by atoms with Gasteiger partial charge in [0.2, 0.25) is 0 Å². The first kappa shape index (κ1) is 16.0. The van der Waals surface area contributed by atoms with E-state index in [1.165, 1.54) is 8.61 Å². The Balaban J connectivity index is 1.86. The predicted molar refractivity (Wildman–Crippen MR) is 85.9 cm³/mol. The summed E-state index contributed by atoms with van der Waals surface area (Å²) in [5, 5.41) is 6.83. The first-order valence-corrected chi connectivity index (χ1v) is 8.80. The summed E-state index contributed by atoms with van der Waals surface area (Å²) < 4.78 is 27.2. The Labute approximate surface area is 135 Å². The second-order valence-corrected chi connectivity index (χ2v) is 7.97. The molecule has 0 unspecified atom stereocenters. The molecule has 1 fully saturated rings. The minimum Gasteiger partial charge on any atom is -0.276 e. The minimum atomic E-state index is -3.37. The van der Waals surface area contributed by atoms with Crippen LogP contribution in [-0.2, 0) is 10.2 Å². The minimum absolute atomic E-state index is 0.0769. The molecule has 1 aliphatic rings. The molecular formula is C14H20N6O2S. The van der Waals surface area contributed by atoms with Gasteiger partial charge in [-0.3, -0.25) is 5.10 Å². The van der Waals surface area contributed by atoms with Crippen molar-refractivity contribution in [2.75, 3.05) is 27.2 Å². The predicted octanol–water partition coefficient (Wildman–Crippen LogP) is 0.771. The maximum absolute atomic E-state index is 12.2. The molecule has 1 saturated heterocycles. The molecule has 0 aromatic carbocycles. The lowest BCUT2D eigenvalue weighted by Gasteiger charge is -2.20. The molecule has 9 heteroatoms. The van der Waals surface area contributed by atoms with Crippen LogP contribution in [-0.4, -0.2) is 64.4 Å². The van der Waals surface area contributed by atoms with E-state index in [0.717, 1.165) is 23.5 Å². The van der Waals surface area contributed by atoms with Gasteiger partial charge in [-0.1, -0.05) is 0 Å². The molecular weight excluding hydrogens is 316 g/mol. The van der Waals surface area contributed by atoms with Gasteiger partial charge in [0.25, 0.3) is 10.2 Å². The second-order valence-electron chi connectivity index (χ2n) is 5.83. The highest BCUT2D eigenvalue weighted by atomic mass is 32.2. The molecule has 1 N–H and O–H groups in total. The Hall–Kier alpha value is -1.84. The Morgan fingerprint density at radius 1 is 1.35 bits per heavy atom. The van der Waals surface area contributed by atoms with Crippen LogP contribution in [0.3, 0.4) is 0 Å². The van der Waals surface area contributed by atoms with Crippen LogP contribution in [0, 0.1) is 6.92 Å². The number of hydrogen-bond acceptors (Lipinski definition) is 5. The number of aromatic amines is 1. The number of hydrogen-bond donors (Lipinski definition) is 1. The van der Waals surface area contributed by atoms with Gasteiger partial charge in [0.05, 0.1) is 11.4 Å². The van der Waals surface area contributed by atoms with Crippen molar-refractivity contribution in [2.45, 2.75) is 19.3 Å². The van der Waals surface area contributed by atoms with Crippen LogP contribution in [0.2, 0.25) is 0 Å². The molecule has 0 bridgehead atoms. The Kier molecular flexibility index (Phi) is 4.17. The van der Waals surface area contributed by atoms with Crippen LogP contribution < -0.4 is 0 Å². The maximum Gasteiger partial charge on any atom is 0.281 e. The van der Waals surface area contributed by atoms with Crippen LogP contribution in [0.15, 0.2) is 18.3 Å². The van der Waals surface area contributed by atoms with E-state index in [9.17, 15) is 8.42 Å². The summed E-state index contributed by atoms with van der Waals surface area (Å²) in [5.74, 6) is 0.745. The van der Waals surface area contributed by atoms with Gasteiger partial charge in [-0.25, -0.2) is 9.97 Å². The molecule has 0 aliphatic carbocycles. The van der Waals surface area contributed by atoms with Gasteiger partial charge in [-0.15, -0.1) is 0 Å². The van der Waals surface area contributed by atoms with E-state index in [0.29, 0.717) is 18.9 Å². The number of aryl methyl sites for hydroxylation is 1. The normalized spacial score (nSPS) is 19.6. The van der Waals surface area contributed by atoms with E-state index >= 15 is 0 Å². The molecule has 8 nitrogen and oxygen atoms in total. The van der Waals surface area contributed by atoms with Crippen molar-refractivity contribution in [2.24, 2.45) is 0 Å². The third kappa shape index (κ3) is 3.12. The zero-order valence-corrected chi connectivity index (χ0v) is 14.2. The largest absolute Gasteiger partial charge is 0.281 e. The molecule has 23 heavy (non-hydrogen) atoms. The number of aromatic nitrogens is 4. The monoisotopic (exact) mass is 336 g/mol. The van der Waals surface area contributed by atoms with Gasteiger partial charge in [0.1, 0.15) is 5.82 Å². The molecule has 0 saturated carbocycles. The van der Waals surface area contributed by atoms with Crippen LogP contribution in [0.5, 0.6) is 0 Å². The van der Waals surface area contributed by atoms with Gasteiger partial charge in [-0.2, -0.15) is 22.1 Å². The molecule has 0 spiro atoms. The highest BCUT2D eigenvalue weighted by Gasteiger charge is 2.34. The average molecular weight is 336 g/mol. The van der Waals surface area contributed by atoms with Gasteiger partial charge >= 0.3 is 0 Å². The van der Waals surface area contributed by atoms with Gasteiger partial charge < -0.3 is 0 Å². The lowest BCUT2D eigenvalue weighted by atomic mass is 10.0. The van der Waals surface area contributed by atoms with E-state index in [1.54, 1.807) is 20.3 Å². The zero-order valence-electron chi connectivity index (χ0n) is 13.4. The number of H-pyrrole nitrogens is 1. The summed E-state index contributed by atoms with van der Waals surface area (Å²) in [6.07, 6.45) is 2.43. The third-order valence-electron chi connectivity index (χ3n) is 3.99. The fourth-order valence-electron chi connectivity index (χ4n) is 2.75. The van der Waals surface area contributed by atoms with E-state index in [1.807, 2.05) is 19.1 Å². The first-order valence-electron chi connectivity index (χ1n) is 7.41. The quantitative estimate of drug-likeness (QED) is 0.890. The fraction of sp³-hybridized carbons (Fsp3) is 0.500. The molecule has 0 amide bonds. The van der Waals surface area contributed by atoms with Crippen molar-refractivity contribution in [1.82, 2.24) is 28.8 Å². The van der Waals surface area contributed by atoms with Gasteiger partial charge in [0, 0.05) is 45.0 Å². The molecule has 3 rings (SSSR count). The van der Waals surface area contributed by atoms with E-state index in [4.69, 9.17) is 0 Å². The average Bonchev–Trinajstić information content (AvgIpc) is 3.18. The zero-order chi connectivity index (χ0) is 16.6. The molecule has 0 radical (unpaired) electrons. The lowest BCUT2D eigenvalue weighted by Crippen LogP contribution is -2.38. The summed E-state index contributed by atoms with van der Waals surface area (Å²) >= 11 is 0. The summed E-state index contributed by atoms with van der Waals surface area (Å²) in [6.45, 7) is 2.79. The number of nitrogens with one attached hydrogen (secondary N) is 1. The Bertz CT molecular complexity index is 788. The van der Waals surface area contributed by atoms with Crippen molar-refractivity contribution >= 4 is 10.2 Å². The van der Waals surface area contributed by atoms with Crippen LogP contribution in [0.1, 0.15) is 23.9 Å². The first-order chi connectivity index (χ1) is 10.9. The molecule has 124 valence electrons. The molecule has 2 aromatic heterocycles. The van der Waals surface area contributed by atoms with Crippen LogP contribution >= 0.6 is 0 Å². The highest BCUT2D eigenvalue weighted by Crippen LogP contribution is 2.29. The van der Waals surface area contributed by atoms with Crippen LogP contribution in [0.4, 0.5) is 0 Å². The van der Waals surface area contributed by atoms with E-state index < -0.39 is 10.2 Å². The van der Waals surface area contributed by atoms with E-state index in [-0.39, 0.29) is 5.92 Å². The summed E-state index contributed by atoms with van der Waals surface area (Å²) in [5.41, 5.74) is 2.48. The van der Waals surface area contributed by atoms with Gasteiger partial charge in [-0.05, 0) is 25.5 Å². The maximum atomic E-state index is 12.2. The highest BCUT2D eigenvalue weighted by molar-refractivity contribution is 7.86. The molecule has 1 atom stereocenters. The van der Waals surface area contributed by atoms with Crippen molar-refractivity contribution in [3.63, 3.8) is 0 Å². The lowest BCUT2D eigenvalue weighted by molar-refractivity contribution is 0.418. The van der Waals surface area contributed by atoms with Crippen LogP contribution in [0.25, 0.3) is 11.4 Å². The van der Waals surface area contributed by atoms with Crippen molar-refractivity contribution in [1.29, 1.82) is 0 Å². The summed E-state index contributed by atoms with van der Waals surface area (Å²) in [4.78, 5) is 8.93. The smallest absolute Gasteiger partial charge is 0.276 e. The molecule has 2 aromatic rings. The fourth-order valence-corrected chi connectivity index (χ4v) is 3.91. The second kappa shape index (κ2) is 5.99. The Morgan fingerprint density at radius 2 is 2.13 bits per heavy atom. The van der Waals surface area contributed by atoms with Crippen molar-refractivity contribution in [3.05, 3.63) is 29.8 Å². The molecule has 1 aliphatic heterocycles. The summed E-state index contributed by atoms with van der Waals surface area (Å²) in [6, 6.07) is 3.76. The standard InChI is InChI=1S/C14H20N6O2S/c1-10-16-13(8-14(17-10)12-4-6-15-18-12)11-5-7-20(9-11)23(21,22)19(2)3/h4,6,8,11H,5,7,9H2,1-3H3,(H,15,18)/t11-/m1/s1. The number of rotatable bonds is 4. The Morgan fingerprint density at radius 3 is 2.78 bits per heavy atom. The molecule has 3 heterocycles. The topological polar surface area (TPSA) is 95.1 Å². The van der Waals surface area contributed by atoms with Crippen molar-refractivity contribution < 1.29 is 8.42 Å². The third-order valence-corrected chi connectivity index (χ3v) is 5.90. The summed E-state index contributed by atoms with van der Waals surface area (Å²) in [7, 11) is -0.275.